The molecule has 1 aromatic heterocycles. The number of nitrogens with zero attached hydrogens (tertiary/aromatic N) is 1. The van der Waals surface area contributed by atoms with Gasteiger partial charge in [-0.3, -0.25) is 4.79 Å². The predicted molar refractivity (Wildman–Crippen MR) is 51.5 cm³/mol. The van der Waals surface area contributed by atoms with Crippen LogP contribution in [0.4, 0.5) is 5.69 Å². The monoisotopic (exact) mass is 196 g/mol. The van der Waals surface area contributed by atoms with E-state index >= 15 is 0 Å². The van der Waals surface area contributed by atoms with Crippen LogP contribution in [-0.2, 0) is 4.79 Å². The minimum absolute atomic E-state index is 0.389. The Labute approximate surface area is 81.7 Å². The van der Waals surface area contributed by atoms with Crippen LogP contribution >= 0.6 is 0 Å². The number of anilines is 1. The van der Waals surface area contributed by atoms with Crippen LogP contribution in [0.5, 0.6) is 5.88 Å². The fourth-order valence-electron chi connectivity index (χ4n) is 0.958. The van der Waals surface area contributed by atoms with Crippen LogP contribution in [0, 0.1) is 0 Å². The van der Waals surface area contributed by atoms with Gasteiger partial charge < -0.3 is 15.2 Å². The molecule has 5 heteroatoms. The van der Waals surface area contributed by atoms with Gasteiger partial charge in [0.1, 0.15) is 6.04 Å². The molecule has 0 saturated heterocycles. The third-order valence-electron chi connectivity index (χ3n) is 1.71. The highest BCUT2D eigenvalue weighted by atomic mass is 16.5. The highest BCUT2D eigenvalue weighted by Gasteiger charge is 2.12. The zero-order valence-corrected chi connectivity index (χ0v) is 8.02. The summed E-state index contributed by atoms with van der Waals surface area (Å²) in [6, 6.07) is 2.75. The number of aromatic nitrogens is 1. The minimum Gasteiger partial charge on any atom is -0.480 e. The van der Waals surface area contributed by atoms with E-state index in [9.17, 15) is 4.79 Å². The number of carbonyl (C=O) groups is 1. The Kier molecular flexibility index (Phi) is 3.28. The lowest BCUT2D eigenvalue weighted by molar-refractivity contribution is -0.137. The van der Waals surface area contributed by atoms with Crippen molar-refractivity contribution in [1.82, 2.24) is 4.98 Å². The highest BCUT2D eigenvalue weighted by Crippen LogP contribution is 2.20. The highest BCUT2D eigenvalue weighted by molar-refractivity contribution is 5.77. The first-order valence-electron chi connectivity index (χ1n) is 4.13. The van der Waals surface area contributed by atoms with Gasteiger partial charge in [-0.15, -0.1) is 0 Å². The Morgan fingerprint density at radius 1 is 1.71 bits per heavy atom. The summed E-state index contributed by atoms with van der Waals surface area (Å²) in [4.78, 5) is 14.5. The molecule has 0 amide bonds. The molecule has 0 fully saturated rings. The standard InChI is InChI=1S/C9H12N2O3/c1-6(9(12)13)11-7-4-3-5-10-8(7)14-2/h3-6,11H,1-2H3,(H,12,13). The SMILES string of the molecule is COc1ncccc1NC(C)C(=O)O. The largest absolute Gasteiger partial charge is 0.480 e. The summed E-state index contributed by atoms with van der Waals surface area (Å²) < 4.78 is 4.96. The van der Waals surface area contributed by atoms with Gasteiger partial charge in [0.25, 0.3) is 0 Å². The molecule has 1 rings (SSSR count). The minimum atomic E-state index is -0.920. The number of nitrogens with one attached hydrogen (secondary N) is 1. The van der Waals surface area contributed by atoms with Gasteiger partial charge in [0, 0.05) is 6.20 Å². The maximum absolute atomic E-state index is 10.6. The van der Waals surface area contributed by atoms with E-state index in [-0.39, 0.29) is 0 Å². The van der Waals surface area contributed by atoms with Crippen molar-refractivity contribution in [1.29, 1.82) is 0 Å². The number of aliphatic carboxylic acids is 1. The molecular weight excluding hydrogens is 184 g/mol. The number of carboxylic acids is 1. The third kappa shape index (κ3) is 2.35. The van der Waals surface area contributed by atoms with Crippen LogP contribution in [-0.4, -0.2) is 29.2 Å². The normalized spacial score (nSPS) is 11.9. The lowest BCUT2D eigenvalue weighted by atomic mass is 10.3. The first kappa shape index (κ1) is 10.3. The second kappa shape index (κ2) is 4.45. The quantitative estimate of drug-likeness (QED) is 0.750. The Balaban J connectivity index is 2.80. The molecule has 1 aromatic rings. The molecule has 0 aliphatic heterocycles. The van der Waals surface area contributed by atoms with E-state index in [4.69, 9.17) is 9.84 Å². The van der Waals surface area contributed by atoms with E-state index in [2.05, 4.69) is 10.3 Å². The van der Waals surface area contributed by atoms with Crippen LogP contribution < -0.4 is 10.1 Å². The molecule has 0 radical (unpaired) electrons. The van der Waals surface area contributed by atoms with Crippen LogP contribution in [0.15, 0.2) is 18.3 Å². The number of rotatable bonds is 4. The second-order valence-corrected chi connectivity index (χ2v) is 2.76. The van der Waals surface area contributed by atoms with Gasteiger partial charge in [0.15, 0.2) is 0 Å². The summed E-state index contributed by atoms with van der Waals surface area (Å²) in [6.07, 6.45) is 1.58. The Hall–Kier alpha value is -1.78. The molecule has 14 heavy (non-hydrogen) atoms. The Morgan fingerprint density at radius 3 is 3.00 bits per heavy atom. The topological polar surface area (TPSA) is 71.5 Å². The fourth-order valence-corrected chi connectivity index (χ4v) is 0.958. The van der Waals surface area contributed by atoms with Gasteiger partial charge in [0.2, 0.25) is 5.88 Å². The van der Waals surface area contributed by atoms with E-state index in [0.717, 1.165) is 0 Å². The zero-order chi connectivity index (χ0) is 10.6. The zero-order valence-electron chi connectivity index (χ0n) is 8.02. The van der Waals surface area contributed by atoms with Crippen LogP contribution in [0.3, 0.4) is 0 Å². The second-order valence-electron chi connectivity index (χ2n) is 2.76. The summed E-state index contributed by atoms with van der Waals surface area (Å²) in [5, 5.41) is 11.5. The number of hydrogen-bond acceptors (Lipinski definition) is 4. The first-order valence-corrected chi connectivity index (χ1v) is 4.13. The molecule has 0 saturated carbocycles. The third-order valence-corrected chi connectivity index (χ3v) is 1.71. The molecule has 0 spiro atoms. The van der Waals surface area contributed by atoms with Gasteiger partial charge in [-0.1, -0.05) is 0 Å². The summed E-state index contributed by atoms with van der Waals surface area (Å²) in [6.45, 7) is 1.55. The Bertz CT molecular complexity index is 328. The van der Waals surface area contributed by atoms with E-state index in [1.165, 1.54) is 7.11 Å². The summed E-state index contributed by atoms with van der Waals surface area (Å²) in [7, 11) is 1.49. The van der Waals surface area contributed by atoms with Crippen molar-refractivity contribution in [3.63, 3.8) is 0 Å². The lowest BCUT2D eigenvalue weighted by Gasteiger charge is -2.12. The summed E-state index contributed by atoms with van der Waals surface area (Å²) in [5.74, 6) is -0.531. The molecule has 5 nitrogen and oxygen atoms in total. The molecule has 2 N–H and O–H groups in total. The van der Waals surface area contributed by atoms with Crippen LogP contribution in [0.25, 0.3) is 0 Å². The first-order chi connectivity index (χ1) is 6.65. The number of methoxy groups -OCH3 is 1. The number of carboxylic acid groups (broad SMARTS) is 1. The molecular formula is C9H12N2O3. The van der Waals surface area contributed by atoms with E-state index in [0.29, 0.717) is 11.6 Å². The molecule has 0 aliphatic carbocycles. The Morgan fingerprint density at radius 2 is 2.43 bits per heavy atom. The molecule has 1 unspecified atom stereocenters. The summed E-state index contributed by atoms with van der Waals surface area (Å²) in [5.41, 5.74) is 0.574. The number of ether oxygens (including phenoxy) is 1. The molecule has 0 aromatic carbocycles. The fraction of sp³-hybridized carbons (Fsp3) is 0.333. The average molecular weight is 196 g/mol. The van der Waals surface area contributed by atoms with E-state index < -0.39 is 12.0 Å². The predicted octanol–water partition coefficient (Wildman–Crippen LogP) is 0.975. The summed E-state index contributed by atoms with van der Waals surface area (Å²) >= 11 is 0. The molecule has 0 aliphatic rings. The van der Waals surface area contributed by atoms with Crippen LogP contribution in [0.1, 0.15) is 6.92 Å². The average Bonchev–Trinajstić information content (AvgIpc) is 2.18. The van der Waals surface area contributed by atoms with E-state index in [1.54, 1.807) is 25.3 Å². The maximum atomic E-state index is 10.6. The van der Waals surface area contributed by atoms with Gasteiger partial charge in [-0.2, -0.15) is 0 Å². The van der Waals surface area contributed by atoms with Crippen molar-refractivity contribution in [2.75, 3.05) is 12.4 Å². The number of pyridine rings is 1. The molecule has 1 heterocycles. The van der Waals surface area contributed by atoms with Crippen molar-refractivity contribution < 1.29 is 14.6 Å². The van der Waals surface area contributed by atoms with Crippen molar-refractivity contribution in [3.8, 4) is 5.88 Å². The van der Waals surface area contributed by atoms with Gasteiger partial charge in [-0.05, 0) is 19.1 Å². The number of hydrogen-bond donors (Lipinski definition) is 2. The van der Waals surface area contributed by atoms with Crippen molar-refractivity contribution in [2.24, 2.45) is 0 Å². The molecule has 0 bridgehead atoms. The van der Waals surface area contributed by atoms with Gasteiger partial charge in [0.05, 0.1) is 12.8 Å². The lowest BCUT2D eigenvalue weighted by Crippen LogP contribution is -2.25. The molecule has 1 atom stereocenters. The van der Waals surface area contributed by atoms with Crippen molar-refractivity contribution in [3.05, 3.63) is 18.3 Å². The smallest absolute Gasteiger partial charge is 0.325 e. The maximum Gasteiger partial charge on any atom is 0.325 e. The van der Waals surface area contributed by atoms with Crippen molar-refractivity contribution in [2.45, 2.75) is 13.0 Å². The molecule has 76 valence electrons. The van der Waals surface area contributed by atoms with Gasteiger partial charge >= 0.3 is 5.97 Å². The van der Waals surface area contributed by atoms with E-state index in [1.807, 2.05) is 0 Å². The van der Waals surface area contributed by atoms with Crippen molar-refractivity contribution >= 4 is 11.7 Å². The van der Waals surface area contributed by atoms with Gasteiger partial charge in [-0.25, -0.2) is 4.98 Å². The van der Waals surface area contributed by atoms with Crippen LogP contribution in [0.2, 0.25) is 0 Å².